The Hall–Kier alpha value is -1.92. The first-order valence-electron chi connectivity index (χ1n) is 8.04. The van der Waals surface area contributed by atoms with Gasteiger partial charge in [0.15, 0.2) is 0 Å². The normalized spacial score (nSPS) is 15.4. The zero-order valence-electron chi connectivity index (χ0n) is 13.3. The van der Waals surface area contributed by atoms with Gasteiger partial charge in [-0.05, 0) is 12.8 Å². The Morgan fingerprint density at radius 2 is 1.91 bits per heavy atom. The number of carbonyl (C=O) groups is 2. The van der Waals surface area contributed by atoms with Gasteiger partial charge >= 0.3 is 0 Å². The molecule has 1 aromatic rings. The zero-order valence-corrected chi connectivity index (χ0v) is 13.3. The molecule has 1 aliphatic heterocycles. The van der Waals surface area contributed by atoms with Crippen molar-refractivity contribution in [3.05, 3.63) is 12.2 Å². The van der Waals surface area contributed by atoms with Gasteiger partial charge in [-0.3, -0.25) is 14.3 Å². The van der Waals surface area contributed by atoms with Crippen LogP contribution in [0.2, 0.25) is 0 Å². The van der Waals surface area contributed by atoms with Crippen molar-refractivity contribution in [1.82, 2.24) is 25.0 Å². The minimum Gasteiger partial charge on any atom is -0.356 e. The van der Waals surface area contributed by atoms with Gasteiger partial charge in [0.1, 0.15) is 12.2 Å². The molecule has 2 amide bonds. The van der Waals surface area contributed by atoms with Gasteiger partial charge in [-0.15, -0.1) is 0 Å². The molecule has 0 atom stereocenters. The van der Waals surface area contributed by atoms with Crippen molar-refractivity contribution < 1.29 is 9.59 Å². The van der Waals surface area contributed by atoms with Crippen LogP contribution in [0.15, 0.2) is 6.33 Å². The van der Waals surface area contributed by atoms with Crippen LogP contribution in [0.1, 0.15) is 44.3 Å². The Kier molecular flexibility index (Phi) is 6.36. The predicted molar refractivity (Wildman–Crippen MR) is 82.0 cm³/mol. The molecule has 0 saturated carbocycles. The molecular weight excluding hydrogens is 282 g/mol. The summed E-state index contributed by atoms with van der Waals surface area (Å²) in [4.78, 5) is 29.9. The Labute approximate surface area is 131 Å². The summed E-state index contributed by atoms with van der Waals surface area (Å²) in [7, 11) is 1.82. The average Bonchev–Trinajstić information content (AvgIpc) is 2.77. The summed E-state index contributed by atoms with van der Waals surface area (Å²) in [6, 6.07) is 0. The number of hydrogen-bond donors (Lipinski definition) is 1. The monoisotopic (exact) mass is 307 g/mol. The highest BCUT2D eigenvalue weighted by atomic mass is 16.2. The SMILES string of the molecule is Cn1ncnc1CCNC(=O)CCC(=O)N1CCCCCC1. The van der Waals surface area contributed by atoms with Gasteiger partial charge in [-0.1, -0.05) is 12.8 Å². The number of aromatic nitrogens is 3. The highest BCUT2D eigenvalue weighted by Gasteiger charge is 2.16. The number of nitrogens with zero attached hydrogens (tertiary/aromatic N) is 4. The van der Waals surface area contributed by atoms with Crippen LogP contribution >= 0.6 is 0 Å². The summed E-state index contributed by atoms with van der Waals surface area (Å²) < 4.78 is 1.69. The van der Waals surface area contributed by atoms with E-state index in [1.54, 1.807) is 4.68 Å². The zero-order chi connectivity index (χ0) is 15.8. The Bertz CT molecular complexity index is 492. The number of carbonyl (C=O) groups excluding carboxylic acids is 2. The molecule has 22 heavy (non-hydrogen) atoms. The molecule has 0 aliphatic carbocycles. The van der Waals surface area contributed by atoms with Crippen LogP contribution in [0.4, 0.5) is 0 Å². The first-order valence-corrected chi connectivity index (χ1v) is 8.04. The third-order valence-corrected chi connectivity index (χ3v) is 4.00. The fraction of sp³-hybridized carbons (Fsp3) is 0.733. The largest absolute Gasteiger partial charge is 0.356 e. The molecule has 0 spiro atoms. The molecule has 122 valence electrons. The number of nitrogens with one attached hydrogen (secondary N) is 1. The van der Waals surface area contributed by atoms with E-state index in [0.717, 1.165) is 31.8 Å². The third kappa shape index (κ3) is 5.13. The van der Waals surface area contributed by atoms with Gasteiger partial charge in [0.05, 0.1) is 0 Å². The van der Waals surface area contributed by atoms with Gasteiger partial charge in [0.25, 0.3) is 0 Å². The van der Waals surface area contributed by atoms with Gasteiger partial charge < -0.3 is 10.2 Å². The highest BCUT2D eigenvalue weighted by molar-refractivity contribution is 5.83. The smallest absolute Gasteiger partial charge is 0.223 e. The van der Waals surface area contributed by atoms with E-state index in [1.165, 1.54) is 19.2 Å². The number of likely N-dealkylation sites (tertiary alicyclic amines) is 1. The molecule has 1 saturated heterocycles. The maximum atomic E-state index is 12.1. The highest BCUT2D eigenvalue weighted by Crippen LogP contribution is 2.11. The molecule has 2 rings (SSSR count). The fourth-order valence-electron chi connectivity index (χ4n) is 2.65. The maximum Gasteiger partial charge on any atom is 0.223 e. The molecule has 7 heteroatoms. The Morgan fingerprint density at radius 3 is 2.55 bits per heavy atom. The molecule has 0 bridgehead atoms. The quantitative estimate of drug-likeness (QED) is 0.837. The summed E-state index contributed by atoms with van der Waals surface area (Å²) in [5.41, 5.74) is 0. The predicted octanol–water partition coefficient (Wildman–Crippen LogP) is 0.657. The Morgan fingerprint density at radius 1 is 1.18 bits per heavy atom. The van der Waals surface area contributed by atoms with Crippen molar-refractivity contribution in [2.45, 2.75) is 44.9 Å². The molecule has 1 aromatic heterocycles. The molecule has 2 heterocycles. The van der Waals surface area contributed by atoms with Crippen LogP contribution in [0, 0.1) is 0 Å². The van der Waals surface area contributed by atoms with E-state index >= 15 is 0 Å². The lowest BCUT2D eigenvalue weighted by Gasteiger charge is -2.20. The van der Waals surface area contributed by atoms with Crippen molar-refractivity contribution >= 4 is 11.8 Å². The lowest BCUT2D eigenvalue weighted by atomic mass is 10.2. The number of hydrogen-bond acceptors (Lipinski definition) is 4. The minimum absolute atomic E-state index is 0.0784. The lowest BCUT2D eigenvalue weighted by Crippen LogP contribution is -2.33. The van der Waals surface area contributed by atoms with Crippen LogP contribution in [-0.4, -0.2) is 51.1 Å². The van der Waals surface area contributed by atoms with Crippen molar-refractivity contribution in [3.63, 3.8) is 0 Å². The van der Waals surface area contributed by atoms with E-state index in [0.29, 0.717) is 19.4 Å². The first kappa shape index (κ1) is 16.5. The third-order valence-electron chi connectivity index (χ3n) is 4.00. The minimum atomic E-state index is -0.0784. The molecule has 1 N–H and O–H groups in total. The van der Waals surface area contributed by atoms with E-state index in [9.17, 15) is 9.59 Å². The van der Waals surface area contributed by atoms with E-state index < -0.39 is 0 Å². The standard InChI is InChI=1S/C15H25N5O2/c1-19-13(17-12-18-19)8-9-16-14(21)6-7-15(22)20-10-4-2-3-5-11-20/h12H,2-11H2,1H3,(H,16,21). The van der Waals surface area contributed by atoms with Gasteiger partial charge in [0.2, 0.25) is 11.8 Å². The van der Waals surface area contributed by atoms with E-state index in [2.05, 4.69) is 15.4 Å². The Balaban J connectivity index is 1.62. The molecule has 0 unspecified atom stereocenters. The van der Waals surface area contributed by atoms with Crippen molar-refractivity contribution in [1.29, 1.82) is 0 Å². The van der Waals surface area contributed by atoms with Crippen molar-refractivity contribution in [2.75, 3.05) is 19.6 Å². The second-order valence-electron chi connectivity index (χ2n) is 5.69. The van der Waals surface area contributed by atoms with Crippen LogP contribution in [0.3, 0.4) is 0 Å². The molecule has 1 fully saturated rings. The number of amides is 2. The summed E-state index contributed by atoms with van der Waals surface area (Å²) in [5, 5.41) is 6.80. The van der Waals surface area contributed by atoms with Gasteiger partial charge in [0, 0.05) is 45.9 Å². The van der Waals surface area contributed by atoms with Crippen molar-refractivity contribution in [2.24, 2.45) is 7.05 Å². The molecule has 7 nitrogen and oxygen atoms in total. The number of rotatable bonds is 6. The van der Waals surface area contributed by atoms with E-state index in [4.69, 9.17) is 0 Å². The van der Waals surface area contributed by atoms with Gasteiger partial charge in [-0.25, -0.2) is 4.98 Å². The van der Waals surface area contributed by atoms with E-state index in [1.807, 2.05) is 11.9 Å². The molecule has 0 aromatic carbocycles. The second kappa shape index (κ2) is 8.51. The molecular formula is C15H25N5O2. The van der Waals surface area contributed by atoms with Gasteiger partial charge in [-0.2, -0.15) is 5.10 Å². The summed E-state index contributed by atoms with van der Waals surface area (Å²) in [6.45, 7) is 2.20. The van der Waals surface area contributed by atoms with Crippen LogP contribution in [-0.2, 0) is 23.1 Å². The number of aryl methyl sites for hydroxylation is 1. The van der Waals surface area contributed by atoms with Crippen LogP contribution in [0.5, 0.6) is 0 Å². The first-order chi connectivity index (χ1) is 10.7. The summed E-state index contributed by atoms with van der Waals surface area (Å²) in [6.07, 6.45) is 7.26. The topological polar surface area (TPSA) is 80.1 Å². The van der Waals surface area contributed by atoms with E-state index in [-0.39, 0.29) is 18.2 Å². The molecule has 0 radical (unpaired) electrons. The second-order valence-corrected chi connectivity index (χ2v) is 5.69. The summed E-state index contributed by atoms with van der Waals surface area (Å²) >= 11 is 0. The average molecular weight is 307 g/mol. The maximum absolute atomic E-state index is 12.1. The lowest BCUT2D eigenvalue weighted by molar-refractivity contribution is -0.133. The van der Waals surface area contributed by atoms with Crippen LogP contribution < -0.4 is 5.32 Å². The fourth-order valence-corrected chi connectivity index (χ4v) is 2.65. The molecule has 1 aliphatic rings. The summed E-state index contributed by atoms with van der Waals surface area (Å²) in [5.74, 6) is 0.858. The van der Waals surface area contributed by atoms with Crippen LogP contribution in [0.25, 0.3) is 0 Å². The van der Waals surface area contributed by atoms with Crippen molar-refractivity contribution in [3.8, 4) is 0 Å².